The Morgan fingerprint density at radius 1 is 1.21 bits per heavy atom. The van der Waals surface area contributed by atoms with E-state index in [0.717, 1.165) is 30.8 Å². The summed E-state index contributed by atoms with van der Waals surface area (Å²) in [5.41, 5.74) is 1.78. The molecular formula is C19H23ClN2O2. The molecule has 0 bridgehead atoms. The minimum absolute atomic E-state index is 0. The van der Waals surface area contributed by atoms with E-state index < -0.39 is 0 Å². The molecule has 1 heterocycles. The Morgan fingerprint density at radius 2 is 2.00 bits per heavy atom. The van der Waals surface area contributed by atoms with E-state index in [4.69, 9.17) is 4.74 Å². The molecule has 1 aliphatic rings. The maximum absolute atomic E-state index is 12.6. The van der Waals surface area contributed by atoms with Crippen molar-refractivity contribution in [2.75, 3.05) is 20.1 Å². The lowest BCUT2D eigenvalue weighted by molar-refractivity contribution is 0.0743. The predicted octanol–water partition coefficient (Wildman–Crippen LogP) is 3.12. The lowest BCUT2D eigenvalue weighted by Gasteiger charge is -2.24. The molecule has 1 aliphatic heterocycles. The zero-order chi connectivity index (χ0) is 16.1. The van der Waals surface area contributed by atoms with Gasteiger partial charge in [-0.3, -0.25) is 4.79 Å². The molecule has 24 heavy (non-hydrogen) atoms. The summed E-state index contributed by atoms with van der Waals surface area (Å²) >= 11 is 0. The van der Waals surface area contributed by atoms with Crippen molar-refractivity contribution in [3.05, 3.63) is 65.7 Å². The molecule has 0 aromatic heterocycles. The number of benzene rings is 2. The van der Waals surface area contributed by atoms with Gasteiger partial charge in [-0.05, 0) is 36.7 Å². The fraction of sp³-hybridized carbons (Fsp3) is 0.316. The molecule has 5 heteroatoms. The van der Waals surface area contributed by atoms with Gasteiger partial charge in [0.05, 0.1) is 0 Å². The van der Waals surface area contributed by atoms with Crippen LogP contribution in [-0.4, -0.2) is 37.0 Å². The third kappa shape index (κ3) is 4.49. The molecule has 1 saturated heterocycles. The van der Waals surface area contributed by atoms with Crippen LogP contribution in [0.3, 0.4) is 0 Å². The molecule has 128 valence electrons. The summed E-state index contributed by atoms with van der Waals surface area (Å²) in [6.07, 6.45) is 1.01. The Kier molecular flexibility index (Phi) is 6.64. The Labute approximate surface area is 149 Å². The maximum atomic E-state index is 12.6. The molecule has 1 N–H and O–H groups in total. The number of hydrogen-bond donors (Lipinski definition) is 1. The van der Waals surface area contributed by atoms with Gasteiger partial charge in [-0.25, -0.2) is 0 Å². The first kappa shape index (κ1) is 18.3. The van der Waals surface area contributed by atoms with Crippen LogP contribution in [-0.2, 0) is 6.61 Å². The zero-order valence-electron chi connectivity index (χ0n) is 13.8. The number of halogens is 1. The molecule has 0 saturated carbocycles. The summed E-state index contributed by atoms with van der Waals surface area (Å²) in [5, 5.41) is 3.29. The van der Waals surface area contributed by atoms with Gasteiger partial charge in [-0.15, -0.1) is 12.4 Å². The van der Waals surface area contributed by atoms with Crippen LogP contribution in [0.2, 0.25) is 0 Å². The summed E-state index contributed by atoms with van der Waals surface area (Å²) in [5.74, 6) is 0.765. The van der Waals surface area contributed by atoms with Crippen LogP contribution in [0.4, 0.5) is 0 Å². The number of carbonyl (C=O) groups is 1. The highest BCUT2D eigenvalue weighted by Crippen LogP contribution is 2.18. The highest BCUT2D eigenvalue weighted by molar-refractivity contribution is 5.94. The molecule has 0 radical (unpaired) electrons. The van der Waals surface area contributed by atoms with Gasteiger partial charge in [0, 0.05) is 25.2 Å². The maximum Gasteiger partial charge on any atom is 0.254 e. The number of hydrogen-bond acceptors (Lipinski definition) is 3. The lowest BCUT2D eigenvalue weighted by Crippen LogP contribution is -2.38. The van der Waals surface area contributed by atoms with Gasteiger partial charge >= 0.3 is 0 Å². The van der Waals surface area contributed by atoms with Gasteiger partial charge in [0.15, 0.2) is 0 Å². The Bertz CT molecular complexity index is 657. The van der Waals surface area contributed by atoms with Crippen LogP contribution in [0.5, 0.6) is 5.75 Å². The van der Waals surface area contributed by atoms with Gasteiger partial charge in [0.2, 0.25) is 0 Å². The Morgan fingerprint density at radius 3 is 2.71 bits per heavy atom. The first-order valence-corrected chi connectivity index (χ1v) is 7.99. The first-order valence-electron chi connectivity index (χ1n) is 7.99. The van der Waals surface area contributed by atoms with Crippen molar-refractivity contribution in [3.8, 4) is 5.75 Å². The van der Waals surface area contributed by atoms with Crippen molar-refractivity contribution in [2.45, 2.75) is 19.1 Å². The van der Waals surface area contributed by atoms with Crippen LogP contribution in [0, 0.1) is 0 Å². The van der Waals surface area contributed by atoms with E-state index in [1.54, 1.807) is 0 Å². The van der Waals surface area contributed by atoms with Gasteiger partial charge < -0.3 is 15.0 Å². The van der Waals surface area contributed by atoms with Crippen LogP contribution in [0.15, 0.2) is 54.6 Å². The summed E-state index contributed by atoms with van der Waals surface area (Å²) < 4.78 is 5.81. The topological polar surface area (TPSA) is 41.6 Å². The summed E-state index contributed by atoms with van der Waals surface area (Å²) in [7, 11) is 1.87. The van der Waals surface area contributed by atoms with Crippen LogP contribution in [0.1, 0.15) is 22.3 Å². The number of likely N-dealkylation sites (N-methyl/N-ethyl adjacent to an activating group) is 1. The monoisotopic (exact) mass is 346 g/mol. The van der Waals surface area contributed by atoms with Crippen molar-refractivity contribution in [2.24, 2.45) is 0 Å². The van der Waals surface area contributed by atoms with Crippen LogP contribution >= 0.6 is 12.4 Å². The van der Waals surface area contributed by atoms with E-state index in [9.17, 15) is 4.79 Å². The van der Waals surface area contributed by atoms with Gasteiger partial charge in [-0.2, -0.15) is 0 Å². The zero-order valence-corrected chi connectivity index (χ0v) is 14.6. The van der Waals surface area contributed by atoms with Gasteiger partial charge in [-0.1, -0.05) is 36.4 Å². The molecule has 0 aliphatic carbocycles. The molecule has 0 spiro atoms. The van der Waals surface area contributed by atoms with Crippen molar-refractivity contribution < 1.29 is 9.53 Å². The first-order chi connectivity index (χ1) is 11.2. The second kappa shape index (κ2) is 8.71. The fourth-order valence-corrected chi connectivity index (χ4v) is 2.80. The standard InChI is InChI=1S/C19H22N2O2.ClH/c1-21(17-10-11-20-13-17)19(22)16-8-5-9-18(12-16)23-14-15-6-3-2-4-7-15;/h2-9,12,17,20H,10-11,13-14H2,1H3;1H/t17-;/m0./s1. The highest BCUT2D eigenvalue weighted by atomic mass is 35.5. The smallest absolute Gasteiger partial charge is 0.254 e. The van der Waals surface area contributed by atoms with Crippen LogP contribution < -0.4 is 10.1 Å². The van der Waals surface area contributed by atoms with Crippen molar-refractivity contribution >= 4 is 18.3 Å². The largest absolute Gasteiger partial charge is 0.489 e. The number of rotatable bonds is 5. The highest BCUT2D eigenvalue weighted by Gasteiger charge is 2.24. The third-order valence-electron chi connectivity index (χ3n) is 4.23. The van der Waals surface area contributed by atoms with Crippen LogP contribution in [0.25, 0.3) is 0 Å². The SMILES string of the molecule is CN(C(=O)c1cccc(OCc2ccccc2)c1)[C@H]1CCNC1.Cl. The number of ether oxygens (including phenoxy) is 1. The molecular weight excluding hydrogens is 324 g/mol. The predicted molar refractivity (Wildman–Crippen MR) is 97.8 cm³/mol. The van der Waals surface area contributed by atoms with Crippen molar-refractivity contribution in [3.63, 3.8) is 0 Å². The van der Waals surface area contributed by atoms with Gasteiger partial charge in [0.1, 0.15) is 12.4 Å². The molecule has 2 aromatic rings. The van der Waals surface area contributed by atoms with E-state index in [2.05, 4.69) is 5.32 Å². The van der Waals surface area contributed by atoms with Crippen molar-refractivity contribution in [1.29, 1.82) is 0 Å². The quantitative estimate of drug-likeness (QED) is 0.904. The number of nitrogens with one attached hydrogen (secondary N) is 1. The van der Waals surface area contributed by atoms with E-state index in [1.165, 1.54) is 0 Å². The average Bonchev–Trinajstić information content (AvgIpc) is 3.14. The molecule has 1 amide bonds. The van der Waals surface area contributed by atoms with Crippen molar-refractivity contribution in [1.82, 2.24) is 10.2 Å². The molecule has 2 aromatic carbocycles. The second-order valence-electron chi connectivity index (χ2n) is 5.86. The molecule has 3 rings (SSSR count). The summed E-state index contributed by atoms with van der Waals surface area (Å²) in [4.78, 5) is 14.4. The Balaban J connectivity index is 0.00000208. The molecule has 1 fully saturated rings. The summed E-state index contributed by atoms with van der Waals surface area (Å²) in [6.45, 7) is 2.34. The minimum atomic E-state index is 0. The van der Waals surface area contributed by atoms with E-state index in [1.807, 2.05) is 66.5 Å². The molecule has 4 nitrogen and oxygen atoms in total. The second-order valence-corrected chi connectivity index (χ2v) is 5.86. The van der Waals surface area contributed by atoms with E-state index in [0.29, 0.717) is 12.2 Å². The normalized spacial score (nSPS) is 16.3. The average molecular weight is 347 g/mol. The van der Waals surface area contributed by atoms with E-state index in [-0.39, 0.29) is 24.4 Å². The number of amides is 1. The fourth-order valence-electron chi connectivity index (χ4n) is 2.80. The Hall–Kier alpha value is -2.04. The lowest BCUT2D eigenvalue weighted by atomic mass is 10.1. The molecule has 0 unspecified atom stereocenters. The summed E-state index contributed by atoms with van der Waals surface area (Å²) in [6, 6.07) is 17.7. The third-order valence-corrected chi connectivity index (χ3v) is 4.23. The van der Waals surface area contributed by atoms with E-state index >= 15 is 0 Å². The number of nitrogens with zero attached hydrogens (tertiary/aromatic N) is 1. The molecule has 1 atom stereocenters. The van der Waals surface area contributed by atoms with Gasteiger partial charge in [0.25, 0.3) is 5.91 Å². The minimum Gasteiger partial charge on any atom is -0.489 e. The number of carbonyl (C=O) groups excluding carboxylic acids is 1.